The fourth-order valence-corrected chi connectivity index (χ4v) is 2.70. The number of nitrogens with one attached hydrogen (secondary N) is 2. The average Bonchev–Trinajstić information content (AvgIpc) is 3.02. The molecule has 1 heterocycles. The highest BCUT2D eigenvalue weighted by atomic mass is 16.2. The van der Waals surface area contributed by atoms with Crippen molar-refractivity contribution >= 4 is 17.5 Å². The molecule has 27 heavy (non-hydrogen) atoms. The van der Waals surface area contributed by atoms with Crippen LogP contribution in [-0.4, -0.2) is 15.8 Å². The lowest BCUT2D eigenvalue weighted by atomic mass is 9.92. The third-order valence-electron chi connectivity index (χ3n) is 4.39. The van der Waals surface area contributed by atoms with Gasteiger partial charge in [0.2, 0.25) is 0 Å². The number of aryl methyl sites for hydroxylation is 2. The van der Waals surface area contributed by atoms with Gasteiger partial charge in [-0.3, -0.25) is 5.32 Å². The van der Waals surface area contributed by atoms with Crippen molar-refractivity contribution in [1.29, 1.82) is 0 Å². The Balaban J connectivity index is 1.91. The maximum Gasteiger partial charge on any atom is 0.324 e. The molecule has 0 atom stereocenters. The number of rotatable bonds is 3. The summed E-state index contributed by atoms with van der Waals surface area (Å²) in [7, 11) is 0. The topological polar surface area (TPSA) is 59.0 Å². The smallest absolute Gasteiger partial charge is 0.307 e. The van der Waals surface area contributed by atoms with Gasteiger partial charge in [0.15, 0.2) is 0 Å². The first-order valence-electron chi connectivity index (χ1n) is 9.05. The van der Waals surface area contributed by atoms with Crippen molar-refractivity contribution in [3.8, 4) is 5.69 Å². The predicted molar refractivity (Wildman–Crippen MR) is 111 cm³/mol. The monoisotopic (exact) mass is 362 g/mol. The van der Waals surface area contributed by atoms with Crippen molar-refractivity contribution < 1.29 is 4.79 Å². The number of carbonyl (C=O) groups is 1. The van der Waals surface area contributed by atoms with E-state index in [4.69, 9.17) is 5.10 Å². The third-order valence-corrected chi connectivity index (χ3v) is 4.39. The van der Waals surface area contributed by atoms with Crippen LogP contribution in [0.25, 0.3) is 5.69 Å². The third kappa shape index (κ3) is 4.37. The Morgan fingerprint density at radius 1 is 0.963 bits per heavy atom. The Labute approximate surface area is 160 Å². The number of benzene rings is 2. The fraction of sp³-hybridized carbons (Fsp3) is 0.273. The maximum absolute atomic E-state index is 12.6. The second kappa shape index (κ2) is 7.27. The molecule has 0 saturated carbocycles. The number of hydrogen-bond acceptors (Lipinski definition) is 2. The molecule has 2 N–H and O–H groups in total. The molecule has 0 fully saturated rings. The van der Waals surface area contributed by atoms with E-state index in [0.717, 1.165) is 22.6 Å². The van der Waals surface area contributed by atoms with Gasteiger partial charge in [-0.1, -0.05) is 56.7 Å². The molecule has 0 spiro atoms. The zero-order valence-corrected chi connectivity index (χ0v) is 16.5. The second-order valence-electron chi connectivity index (χ2n) is 7.81. The maximum atomic E-state index is 12.6. The number of anilines is 2. The molecule has 5 nitrogen and oxygen atoms in total. The molecule has 0 aliphatic carbocycles. The van der Waals surface area contributed by atoms with Gasteiger partial charge in [0.1, 0.15) is 5.82 Å². The quantitative estimate of drug-likeness (QED) is 0.652. The molecule has 1 aromatic heterocycles. The molecule has 0 radical (unpaired) electrons. The number of carbonyl (C=O) groups excluding carboxylic acids is 1. The highest BCUT2D eigenvalue weighted by molar-refractivity contribution is 5.99. The van der Waals surface area contributed by atoms with Crippen LogP contribution in [-0.2, 0) is 5.41 Å². The summed E-state index contributed by atoms with van der Waals surface area (Å²) in [6.07, 6.45) is 0. The van der Waals surface area contributed by atoms with E-state index in [2.05, 4.69) is 31.4 Å². The van der Waals surface area contributed by atoms with E-state index in [-0.39, 0.29) is 11.4 Å². The Morgan fingerprint density at radius 2 is 1.63 bits per heavy atom. The molecule has 0 aliphatic heterocycles. The molecule has 0 aliphatic rings. The van der Waals surface area contributed by atoms with Crippen LogP contribution in [0, 0.1) is 13.8 Å². The van der Waals surface area contributed by atoms with Crippen molar-refractivity contribution in [1.82, 2.24) is 9.78 Å². The van der Waals surface area contributed by atoms with Crippen molar-refractivity contribution in [2.24, 2.45) is 0 Å². The van der Waals surface area contributed by atoms with E-state index in [1.165, 1.54) is 5.56 Å². The van der Waals surface area contributed by atoms with E-state index in [1.54, 1.807) is 4.68 Å². The first kappa shape index (κ1) is 18.7. The van der Waals surface area contributed by atoms with Crippen LogP contribution < -0.4 is 10.6 Å². The Morgan fingerprint density at radius 3 is 2.26 bits per heavy atom. The number of amides is 2. The van der Waals surface area contributed by atoms with Crippen LogP contribution in [0.4, 0.5) is 16.3 Å². The van der Waals surface area contributed by atoms with Crippen LogP contribution in [0.5, 0.6) is 0 Å². The molecule has 2 aromatic carbocycles. The second-order valence-corrected chi connectivity index (χ2v) is 7.81. The summed E-state index contributed by atoms with van der Waals surface area (Å²) in [6, 6.07) is 17.4. The van der Waals surface area contributed by atoms with Crippen LogP contribution in [0.1, 0.15) is 37.6 Å². The molecular formula is C22H26N4O. The predicted octanol–water partition coefficient (Wildman–Crippen LogP) is 5.43. The van der Waals surface area contributed by atoms with Gasteiger partial charge in [0.05, 0.1) is 11.4 Å². The molecule has 3 aromatic rings. The lowest BCUT2D eigenvalue weighted by Gasteiger charge is -2.14. The Bertz CT molecular complexity index is 949. The normalized spacial score (nSPS) is 11.3. The minimum atomic E-state index is -0.293. The van der Waals surface area contributed by atoms with Crippen LogP contribution >= 0.6 is 0 Å². The van der Waals surface area contributed by atoms with Crippen LogP contribution in [0.2, 0.25) is 0 Å². The number of urea groups is 1. The molecule has 2 amide bonds. The van der Waals surface area contributed by atoms with Gasteiger partial charge in [0, 0.05) is 17.2 Å². The van der Waals surface area contributed by atoms with Gasteiger partial charge >= 0.3 is 6.03 Å². The highest BCUT2D eigenvalue weighted by Crippen LogP contribution is 2.26. The van der Waals surface area contributed by atoms with Crippen LogP contribution in [0.3, 0.4) is 0 Å². The SMILES string of the molecule is Cc1ccc(-n2nc(C(C)(C)C)cc2NC(=O)Nc2ccccc2C)cc1. The summed E-state index contributed by atoms with van der Waals surface area (Å²) in [5.41, 5.74) is 4.66. The van der Waals surface area contributed by atoms with Gasteiger partial charge < -0.3 is 5.32 Å². The lowest BCUT2D eigenvalue weighted by Crippen LogP contribution is -2.21. The first-order chi connectivity index (χ1) is 12.7. The molecule has 5 heteroatoms. The Hall–Kier alpha value is -3.08. The molecular weight excluding hydrogens is 336 g/mol. The molecule has 0 saturated heterocycles. The Kier molecular flexibility index (Phi) is 5.04. The number of para-hydroxylation sites is 1. The fourth-order valence-electron chi connectivity index (χ4n) is 2.70. The number of nitrogens with zero attached hydrogens (tertiary/aromatic N) is 2. The summed E-state index contributed by atoms with van der Waals surface area (Å²) in [6.45, 7) is 10.3. The lowest BCUT2D eigenvalue weighted by molar-refractivity contribution is 0.262. The van der Waals surface area contributed by atoms with Gasteiger partial charge in [0.25, 0.3) is 0 Å². The zero-order valence-electron chi connectivity index (χ0n) is 16.5. The summed E-state index contributed by atoms with van der Waals surface area (Å²) in [5, 5.41) is 10.6. The number of aromatic nitrogens is 2. The largest absolute Gasteiger partial charge is 0.324 e. The van der Waals surface area contributed by atoms with Gasteiger partial charge in [-0.05, 0) is 37.6 Å². The first-order valence-corrected chi connectivity index (χ1v) is 9.05. The standard InChI is InChI=1S/C22H26N4O/c1-15-10-12-17(13-11-15)26-20(14-19(25-26)22(3,4)5)24-21(27)23-18-9-7-6-8-16(18)2/h6-14H,1-5H3,(H2,23,24,27). The minimum Gasteiger partial charge on any atom is -0.307 e. The van der Waals surface area contributed by atoms with E-state index >= 15 is 0 Å². The summed E-state index contributed by atoms with van der Waals surface area (Å²) < 4.78 is 1.78. The van der Waals surface area contributed by atoms with E-state index < -0.39 is 0 Å². The molecule has 0 bridgehead atoms. The molecule has 3 rings (SSSR count). The summed E-state index contributed by atoms with van der Waals surface area (Å²) in [4.78, 5) is 12.6. The minimum absolute atomic E-state index is 0.126. The molecule has 140 valence electrons. The zero-order chi connectivity index (χ0) is 19.6. The van der Waals surface area contributed by atoms with Gasteiger partial charge in [-0.25, -0.2) is 9.48 Å². The van der Waals surface area contributed by atoms with Crippen molar-refractivity contribution in [2.75, 3.05) is 10.6 Å². The van der Waals surface area contributed by atoms with E-state index in [0.29, 0.717) is 5.82 Å². The van der Waals surface area contributed by atoms with Gasteiger partial charge in [-0.2, -0.15) is 5.10 Å². The summed E-state index contributed by atoms with van der Waals surface area (Å²) in [5.74, 6) is 0.634. The molecule has 0 unspecified atom stereocenters. The van der Waals surface area contributed by atoms with Crippen molar-refractivity contribution in [2.45, 2.75) is 40.0 Å². The highest BCUT2D eigenvalue weighted by Gasteiger charge is 2.21. The van der Waals surface area contributed by atoms with Crippen LogP contribution in [0.15, 0.2) is 54.6 Å². The van der Waals surface area contributed by atoms with Crippen molar-refractivity contribution in [3.05, 3.63) is 71.4 Å². The summed E-state index contributed by atoms with van der Waals surface area (Å²) >= 11 is 0. The number of hydrogen-bond donors (Lipinski definition) is 2. The average molecular weight is 362 g/mol. The van der Waals surface area contributed by atoms with Crippen molar-refractivity contribution in [3.63, 3.8) is 0 Å². The van der Waals surface area contributed by atoms with E-state index in [9.17, 15) is 4.79 Å². The van der Waals surface area contributed by atoms with E-state index in [1.807, 2.05) is 68.4 Å². The van der Waals surface area contributed by atoms with Gasteiger partial charge in [-0.15, -0.1) is 0 Å².